The number of hydrogen-bond acceptors (Lipinski definition) is 3. The lowest BCUT2D eigenvalue weighted by Crippen LogP contribution is -2.16. The zero-order chi connectivity index (χ0) is 17.8. The molecule has 0 amide bonds. The quantitative estimate of drug-likeness (QED) is 0.349. The van der Waals surface area contributed by atoms with Gasteiger partial charge in [-0.1, -0.05) is 76.3 Å². The van der Waals surface area contributed by atoms with E-state index in [1.54, 1.807) is 18.2 Å². The molecule has 0 bridgehead atoms. The molecule has 0 atom stereocenters. The smallest absolute Gasteiger partial charge is 0.232 e. The van der Waals surface area contributed by atoms with Crippen LogP contribution in [0.15, 0.2) is 18.2 Å². The molecule has 0 saturated heterocycles. The van der Waals surface area contributed by atoms with Crippen molar-refractivity contribution >= 4 is 33.0 Å². The molecule has 0 saturated carbocycles. The second kappa shape index (κ2) is 11.6. The van der Waals surface area contributed by atoms with E-state index in [4.69, 9.17) is 17.3 Å². The van der Waals surface area contributed by atoms with Crippen molar-refractivity contribution in [3.63, 3.8) is 0 Å². The molecule has 0 unspecified atom stereocenters. The molecule has 0 fully saturated rings. The summed E-state index contributed by atoms with van der Waals surface area (Å²) in [5.41, 5.74) is 6.51. The van der Waals surface area contributed by atoms with Gasteiger partial charge in [0.2, 0.25) is 10.0 Å². The number of nitrogens with one attached hydrogen (secondary N) is 1. The summed E-state index contributed by atoms with van der Waals surface area (Å²) in [6.45, 7) is 2.23. The lowest BCUT2D eigenvalue weighted by atomic mass is 10.1. The fourth-order valence-electron chi connectivity index (χ4n) is 2.62. The van der Waals surface area contributed by atoms with Gasteiger partial charge in [0.1, 0.15) is 0 Å². The van der Waals surface area contributed by atoms with E-state index < -0.39 is 10.0 Å². The zero-order valence-electron chi connectivity index (χ0n) is 14.7. The van der Waals surface area contributed by atoms with Gasteiger partial charge in [-0.25, -0.2) is 8.42 Å². The lowest BCUT2D eigenvalue weighted by molar-refractivity contribution is 0.558. The van der Waals surface area contributed by atoms with Crippen LogP contribution >= 0.6 is 11.6 Å². The standard InChI is InChI=1S/C18H31ClN2O2S/c1-2-3-4-5-6-7-8-9-10-11-14-24(22,23)21-16-12-13-17(19)18(20)15-16/h12-13,15,21H,2-11,14,20H2,1H3. The van der Waals surface area contributed by atoms with E-state index in [0.717, 1.165) is 12.8 Å². The first-order valence-electron chi connectivity index (χ1n) is 9.00. The van der Waals surface area contributed by atoms with E-state index in [1.165, 1.54) is 44.9 Å². The third-order valence-electron chi connectivity index (χ3n) is 4.04. The van der Waals surface area contributed by atoms with Crippen LogP contribution in [0.5, 0.6) is 0 Å². The lowest BCUT2D eigenvalue weighted by Gasteiger charge is -2.09. The maximum absolute atomic E-state index is 12.0. The maximum atomic E-state index is 12.0. The van der Waals surface area contributed by atoms with Crippen LogP contribution in [-0.4, -0.2) is 14.2 Å². The summed E-state index contributed by atoms with van der Waals surface area (Å²) >= 11 is 5.83. The number of halogens is 1. The van der Waals surface area contributed by atoms with Crippen LogP contribution in [-0.2, 0) is 10.0 Å². The average Bonchev–Trinajstić information content (AvgIpc) is 2.52. The minimum Gasteiger partial charge on any atom is -0.397 e. The number of nitrogen functional groups attached to an aromatic ring is 1. The Labute approximate surface area is 152 Å². The molecular formula is C18H31ClN2O2S. The van der Waals surface area contributed by atoms with Crippen molar-refractivity contribution in [3.8, 4) is 0 Å². The highest BCUT2D eigenvalue weighted by Crippen LogP contribution is 2.23. The molecule has 0 radical (unpaired) electrons. The molecule has 6 heteroatoms. The van der Waals surface area contributed by atoms with Crippen molar-refractivity contribution < 1.29 is 8.42 Å². The molecule has 4 nitrogen and oxygen atoms in total. The summed E-state index contributed by atoms with van der Waals surface area (Å²) in [5.74, 6) is 0.145. The molecule has 1 rings (SSSR count). The monoisotopic (exact) mass is 374 g/mol. The van der Waals surface area contributed by atoms with E-state index in [1.807, 2.05) is 0 Å². The van der Waals surface area contributed by atoms with Gasteiger partial charge in [0.05, 0.1) is 22.2 Å². The minimum absolute atomic E-state index is 0.145. The van der Waals surface area contributed by atoms with Crippen LogP contribution in [0.2, 0.25) is 5.02 Å². The number of rotatable bonds is 13. The molecule has 1 aromatic rings. The number of hydrogen-bond donors (Lipinski definition) is 2. The largest absolute Gasteiger partial charge is 0.397 e. The first-order valence-corrected chi connectivity index (χ1v) is 11.0. The number of anilines is 2. The van der Waals surface area contributed by atoms with E-state index in [0.29, 0.717) is 22.8 Å². The molecule has 0 spiro atoms. The Morgan fingerprint density at radius 1 is 0.958 bits per heavy atom. The molecule has 0 aliphatic carbocycles. The SMILES string of the molecule is CCCCCCCCCCCCS(=O)(=O)Nc1ccc(Cl)c(N)c1. The van der Waals surface area contributed by atoms with Crippen molar-refractivity contribution in [2.45, 2.75) is 71.1 Å². The normalized spacial score (nSPS) is 11.6. The predicted molar refractivity (Wildman–Crippen MR) is 105 cm³/mol. The highest BCUT2D eigenvalue weighted by molar-refractivity contribution is 7.92. The van der Waals surface area contributed by atoms with Gasteiger partial charge in [-0.15, -0.1) is 0 Å². The Balaban J connectivity index is 2.14. The predicted octanol–water partition coefficient (Wildman–Crippen LogP) is 5.58. The van der Waals surface area contributed by atoms with Gasteiger partial charge in [-0.2, -0.15) is 0 Å². The van der Waals surface area contributed by atoms with Gasteiger partial charge in [0.15, 0.2) is 0 Å². The first kappa shape index (κ1) is 21.1. The fourth-order valence-corrected chi connectivity index (χ4v) is 3.91. The molecule has 0 aliphatic rings. The van der Waals surface area contributed by atoms with Gasteiger partial charge in [-0.05, 0) is 24.6 Å². The van der Waals surface area contributed by atoms with Gasteiger partial charge in [0, 0.05) is 0 Å². The van der Waals surface area contributed by atoms with Crippen LogP contribution < -0.4 is 10.5 Å². The topological polar surface area (TPSA) is 72.2 Å². The summed E-state index contributed by atoms with van der Waals surface area (Å²) in [6, 6.07) is 4.75. The van der Waals surface area contributed by atoms with Crippen LogP contribution in [0.3, 0.4) is 0 Å². The van der Waals surface area contributed by atoms with Gasteiger partial charge >= 0.3 is 0 Å². The van der Waals surface area contributed by atoms with E-state index >= 15 is 0 Å². The molecule has 24 heavy (non-hydrogen) atoms. The highest BCUT2D eigenvalue weighted by atomic mass is 35.5. The van der Waals surface area contributed by atoms with E-state index in [-0.39, 0.29) is 5.75 Å². The summed E-state index contributed by atoms with van der Waals surface area (Å²) in [7, 11) is -3.32. The Morgan fingerprint density at radius 3 is 2.04 bits per heavy atom. The van der Waals surface area contributed by atoms with Gasteiger partial charge in [-0.3, -0.25) is 4.72 Å². The fraction of sp³-hybridized carbons (Fsp3) is 0.667. The van der Waals surface area contributed by atoms with Gasteiger partial charge < -0.3 is 5.73 Å². The summed E-state index contributed by atoms with van der Waals surface area (Å²) in [6.07, 6.45) is 11.8. The Kier molecular flexibility index (Phi) is 10.2. The number of benzene rings is 1. The van der Waals surface area contributed by atoms with Crippen molar-refractivity contribution in [2.75, 3.05) is 16.2 Å². The van der Waals surface area contributed by atoms with E-state index in [9.17, 15) is 8.42 Å². The van der Waals surface area contributed by atoms with Crippen LogP contribution in [0.4, 0.5) is 11.4 Å². The van der Waals surface area contributed by atoms with Crippen LogP contribution in [0.1, 0.15) is 71.1 Å². The summed E-state index contributed by atoms with van der Waals surface area (Å²) in [5, 5.41) is 0.424. The summed E-state index contributed by atoms with van der Waals surface area (Å²) < 4.78 is 26.6. The molecular weight excluding hydrogens is 344 g/mol. The van der Waals surface area contributed by atoms with Crippen molar-refractivity contribution in [2.24, 2.45) is 0 Å². The Hall–Kier alpha value is -0.940. The highest BCUT2D eigenvalue weighted by Gasteiger charge is 2.10. The molecule has 3 N–H and O–H groups in total. The Morgan fingerprint density at radius 2 is 1.50 bits per heavy atom. The summed E-state index contributed by atoms with van der Waals surface area (Å²) in [4.78, 5) is 0. The third-order valence-corrected chi connectivity index (χ3v) is 5.75. The van der Waals surface area contributed by atoms with Crippen molar-refractivity contribution in [3.05, 3.63) is 23.2 Å². The van der Waals surface area contributed by atoms with Crippen molar-refractivity contribution in [1.82, 2.24) is 0 Å². The second-order valence-corrected chi connectivity index (χ2v) is 8.59. The average molecular weight is 375 g/mol. The van der Waals surface area contributed by atoms with E-state index in [2.05, 4.69) is 11.6 Å². The van der Waals surface area contributed by atoms with Crippen LogP contribution in [0.25, 0.3) is 0 Å². The molecule has 138 valence electrons. The number of nitrogens with two attached hydrogens (primary N) is 1. The maximum Gasteiger partial charge on any atom is 0.232 e. The Bertz CT molecular complexity index is 576. The first-order chi connectivity index (χ1) is 11.4. The van der Waals surface area contributed by atoms with Gasteiger partial charge in [0.25, 0.3) is 0 Å². The molecule has 0 heterocycles. The van der Waals surface area contributed by atoms with Crippen molar-refractivity contribution in [1.29, 1.82) is 0 Å². The third kappa shape index (κ3) is 9.38. The second-order valence-electron chi connectivity index (χ2n) is 6.34. The van der Waals surface area contributed by atoms with Crippen LogP contribution in [0, 0.1) is 0 Å². The number of unbranched alkanes of at least 4 members (excludes halogenated alkanes) is 9. The zero-order valence-corrected chi connectivity index (χ0v) is 16.3. The number of sulfonamides is 1. The minimum atomic E-state index is -3.32. The molecule has 1 aromatic carbocycles. The molecule has 0 aliphatic heterocycles. The molecule has 0 aromatic heterocycles.